The molecular weight excluding hydrogens is 284 g/mol. The summed E-state index contributed by atoms with van der Waals surface area (Å²) in [6.45, 7) is 2.66. The van der Waals surface area contributed by atoms with E-state index in [2.05, 4.69) is 10.3 Å². The Morgan fingerprint density at radius 1 is 1.50 bits per heavy atom. The van der Waals surface area contributed by atoms with Crippen molar-refractivity contribution < 1.29 is 19.1 Å². The Labute approximate surface area is 128 Å². The van der Waals surface area contributed by atoms with Gasteiger partial charge in [-0.05, 0) is 37.0 Å². The monoisotopic (exact) mass is 302 g/mol. The number of aryl methyl sites for hydroxylation is 1. The van der Waals surface area contributed by atoms with Gasteiger partial charge in [0.2, 0.25) is 0 Å². The molecule has 2 heterocycles. The maximum absolute atomic E-state index is 12.4. The Hall–Kier alpha value is -2.34. The fourth-order valence-corrected chi connectivity index (χ4v) is 2.52. The molecule has 0 radical (unpaired) electrons. The van der Waals surface area contributed by atoms with Crippen LogP contribution in [0.25, 0.3) is 0 Å². The largest absolute Gasteiger partial charge is 0.506 e. The lowest BCUT2D eigenvalue weighted by Crippen LogP contribution is -2.15. The molecule has 1 aliphatic rings. The summed E-state index contributed by atoms with van der Waals surface area (Å²) in [5.41, 5.74) is 1.59. The van der Waals surface area contributed by atoms with E-state index < -0.39 is 5.91 Å². The summed E-state index contributed by atoms with van der Waals surface area (Å²) >= 11 is 0. The van der Waals surface area contributed by atoms with E-state index in [0.717, 1.165) is 24.8 Å². The molecule has 0 aliphatic carbocycles. The van der Waals surface area contributed by atoms with Crippen LogP contribution in [-0.4, -0.2) is 22.6 Å². The first-order valence-electron chi connectivity index (χ1n) is 7.37. The van der Waals surface area contributed by atoms with Gasteiger partial charge in [-0.2, -0.15) is 0 Å². The van der Waals surface area contributed by atoms with Gasteiger partial charge in [0.25, 0.3) is 5.91 Å². The van der Waals surface area contributed by atoms with E-state index >= 15 is 0 Å². The molecule has 1 amide bonds. The predicted molar refractivity (Wildman–Crippen MR) is 79.9 cm³/mol. The van der Waals surface area contributed by atoms with Gasteiger partial charge >= 0.3 is 0 Å². The van der Waals surface area contributed by atoms with Crippen molar-refractivity contribution >= 4 is 11.6 Å². The van der Waals surface area contributed by atoms with Crippen LogP contribution in [0.4, 0.5) is 5.69 Å². The molecule has 1 aromatic heterocycles. The lowest BCUT2D eigenvalue weighted by Gasteiger charge is -2.10. The summed E-state index contributed by atoms with van der Waals surface area (Å²) < 4.78 is 10.9. The molecule has 0 spiro atoms. The number of carbonyl (C=O) groups excluding carboxylic acids is 1. The van der Waals surface area contributed by atoms with Gasteiger partial charge < -0.3 is 19.6 Å². The van der Waals surface area contributed by atoms with Gasteiger partial charge in [-0.25, -0.2) is 4.98 Å². The van der Waals surface area contributed by atoms with Crippen LogP contribution in [0.15, 0.2) is 29.0 Å². The average Bonchev–Trinajstić information content (AvgIpc) is 3.19. The second-order valence-electron chi connectivity index (χ2n) is 5.23. The molecule has 6 heteroatoms. The molecule has 1 unspecified atom stereocenters. The number of oxazole rings is 1. The third-order valence-corrected chi connectivity index (χ3v) is 3.75. The van der Waals surface area contributed by atoms with Gasteiger partial charge in [-0.15, -0.1) is 0 Å². The number of hydrogen-bond donors (Lipinski definition) is 2. The SMILES string of the molecule is CCc1ccc(O)c(NC(=O)c2ncoc2C2CCCO2)c1. The molecule has 1 saturated heterocycles. The molecule has 22 heavy (non-hydrogen) atoms. The van der Waals surface area contributed by atoms with Crippen LogP contribution in [0.3, 0.4) is 0 Å². The number of aromatic nitrogens is 1. The molecule has 2 N–H and O–H groups in total. The van der Waals surface area contributed by atoms with Crippen LogP contribution in [0.1, 0.15) is 47.7 Å². The van der Waals surface area contributed by atoms with Gasteiger partial charge in [0, 0.05) is 6.61 Å². The van der Waals surface area contributed by atoms with E-state index in [1.807, 2.05) is 13.0 Å². The Morgan fingerprint density at radius 3 is 3.09 bits per heavy atom. The summed E-state index contributed by atoms with van der Waals surface area (Å²) in [6, 6.07) is 5.14. The van der Waals surface area contributed by atoms with Crippen LogP contribution < -0.4 is 5.32 Å². The molecule has 116 valence electrons. The van der Waals surface area contributed by atoms with Gasteiger partial charge in [0.15, 0.2) is 17.8 Å². The normalized spacial score (nSPS) is 17.6. The number of aromatic hydroxyl groups is 1. The number of anilines is 1. The number of nitrogens with zero attached hydrogens (tertiary/aromatic N) is 1. The van der Waals surface area contributed by atoms with Crippen LogP contribution in [0.2, 0.25) is 0 Å². The van der Waals surface area contributed by atoms with E-state index in [1.165, 1.54) is 6.39 Å². The first kappa shape index (κ1) is 14.6. The summed E-state index contributed by atoms with van der Waals surface area (Å²) in [5, 5.41) is 12.6. The molecule has 0 bridgehead atoms. The lowest BCUT2D eigenvalue weighted by atomic mass is 10.1. The Morgan fingerprint density at radius 2 is 2.36 bits per heavy atom. The maximum atomic E-state index is 12.4. The zero-order valence-corrected chi connectivity index (χ0v) is 12.3. The summed E-state index contributed by atoms with van der Waals surface area (Å²) in [4.78, 5) is 16.4. The third kappa shape index (κ3) is 2.82. The van der Waals surface area contributed by atoms with Crippen molar-refractivity contribution in [1.29, 1.82) is 0 Å². The molecule has 2 aromatic rings. The van der Waals surface area contributed by atoms with E-state index in [-0.39, 0.29) is 17.5 Å². The molecule has 1 aliphatic heterocycles. The number of amides is 1. The van der Waals surface area contributed by atoms with Gasteiger partial charge in [0.05, 0.1) is 5.69 Å². The molecular formula is C16H18N2O4. The van der Waals surface area contributed by atoms with Crippen LogP contribution in [0.5, 0.6) is 5.75 Å². The lowest BCUT2D eigenvalue weighted by molar-refractivity contribution is 0.0889. The molecule has 1 fully saturated rings. The van der Waals surface area contributed by atoms with Crippen molar-refractivity contribution in [1.82, 2.24) is 4.98 Å². The van der Waals surface area contributed by atoms with Crippen molar-refractivity contribution in [3.8, 4) is 5.75 Å². The smallest absolute Gasteiger partial charge is 0.278 e. The van der Waals surface area contributed by atoms with Crippen molar-refractivity contribution in [2.75, 3.05) is 11.9 Å². The fourth-order valence-electron chi connectivity index (χ4n) is 2.52. The molecule has 6 nitrogen and oxygen atoms in total. The number of hydrogen-bond acceptors (Lipinski definition) is 5. The van der Waals surface area contributed by atoms with Crippen molar-refractivity contribution in [3.05, 3.63) is 41.6 Å². The minimum absolute atomic E-state index is 0.0210. The minimum Gasteiger partial charge on any atom is -0.506 e. The Kier molecular flexibility index (Phi) is 4.11. The second-order valence-corrected chi connectivity index (χ2v) is 5.23. The molecule has 0 saturated carbocycles. The van der Waals surface area contributed by atoms with E-state index in [1.54, 1.807) is 12.1 Å². The van der Waals surface area contributed by atoms with E-state index in [0.29, 0.717) is 18.1 Å². The highest BCUT2D eigenvalue weighted by Crippen LogP contribution is 2.31. The van der Waals surface area contributed by atoms with Gasteiger partial charge in [-0.3, -0.25) is 4.79 Å². The highest BCUT2D eigenvalue weighted by atomic mass is 16.5. The Bertz CT molecular complexity index is 675. The van der Waals surface area contributed by atoms with E-state index in [9.17, 15) is 9.90 Å². The van der Waals surface area contributed by atoms with Crippen molar-refractivity contribution in [2.24, 2.45) is 0 Å². The standard InChI is InChI=1S/C16H18N2O4/c1-2-10-5-6-12(19)11(8-10)18-16(20)14-15(22-9-17-14)13-4-3-7-21-13/h5-6,8-9,13,19H,2-4,7H2,1H3,(H,18,20). The molecule has 3 rings (SSSR count). The number of phenolic OH excluding ortho intramolecular Hbond substituents is 1. The number of benzene rings is 1. The summed E-state index contributed by atoms with van der Waals surface area (Å²) in [7, 11) is 0. The number of carbonyl (C=O) groups is 1. The van der Waals surface area contributed by atoms with Crippen LogP contribution in [-0.2, 0) is 11.2 Å². The van der Waals surface area contributed by atoms with Crippen molar-refractivity contribution in [3.63, 3.8) is 0 Å². The first-order valence-corrected chi connectivity index (χ1v) is 7.37. The number of rotatable bonds is 4. The fraction of sp³-hybridized carbons (Fsp3) is 0.375. The highest BCUT2D eigenvalue weighted by molar-refractivity contribution is 6.04. The van der Waals surface area contributed by atoms with Crippen molar-refractivity contribution in [2.45, 2.75) is 32.3 Å². The average molecular weight is 302 g/mol. The minimum atomic E-state index is -0.414. The zero-order valence-electron chi connectivity index (χ0n) is 12.3. The number of nitrogens with one attached hydrogen (secondary N) is 1. The number of ether oxygens (including phenoxy) is 1. The van der Waals surface area contributed by atoms with E-state index in [4.69, 9.17) is 9.15 Å². The topological polar surface area (TPSA) is 84.6 Å². The number of phenols is 1. The quantitative estimate of drug-likeness (QED) is 0.848. The van der Waals surface area contributed by atoms with Gasteiger partial charge in [0.1, 0.15) is 11.9 Å². The highest BCUT2D eigenvalue weighted by Gasteiger charge is 2.28. The van der Waals surface area contributed by atoms with Crippen LogP contribution in [0, 0.1) is 0 Å². The predicted octanol–water partition coefficient (Wildman–Crippen LogP) is 3.05. The molecule has 1 atom stereocenters. The zero-order chi connectivity index (χ0) is 15.5. The van der Waals surface area contributed by atoms with Crippen LogP contribution >= 0.6 is 0 Å². The second kappa shape index (κ2) is 6.19. The summed E-state index contributed by atoms with van der Waals surface area (Å²) in [6.07, 6.45) is 3.58. The third-order valence-electron chi connectivity index (χ3n) is 3.75. The Balaban J connectivity index is 1.82. The maximum Gasteiger partial charge on any atom is 0.278 e. The summed E-state index contributed by atoms with van der Waals surface area (Å²) in [5.74, 6) is 0.0525. The first-order chi connectivity index (χ1) is 10.7. The molecule has 1 aromatic carbocycles. The van der Waals surface area contributed by atoms with Gasteiger partial charge in [-0.1, -0.05) is 13.0 Å².